The van der Waals surface area contributed by atoms with Crippen molar-refractivity contribution in [3.63, 3.8) is 0 Å². The Balaban J connectivity index is 2.71. The first-order valence-electron chi connectivity index (χ1n) is 6.49. The maximum absolute atomic E-state index is 5.74. The summed E-state index contributed by atoms with van der Waals surface area (Å²) in [6.07, 6.45) is 0. The van der Waals surface area contributed by atoms with Crippen LogP contribution < -0.4 is 10.1 Å². The van der Waals surface area contributed by atoms with Gasteiger partial charge in [-0.05, 0) is 30.5 Å². The molecule has 0 radical (unpaired) electrons. The van der Waals surface area contributed by atoms with Gasteiger partial charge in [0.25, 0.3) is 0 Å². The summed E-state index contributed by atoms with van der Waals surface area (Å²) in [7, 11) is 1.68. The first kappa shape index (κ1) is 15.0. The predicted molar refractivity (Wildman–Crippen MR) is 75.3 cm³/mol. The highest BCUT2D eigenvalue weighted by molar-refractivity contribution is 5.43. The number of rotatable bonds is 7. The van der Waals surface area contributed by atoms with Crippen molar-refractivity contribution >= 4 is 0 Å². The average molecular weight is 251 g/mol. The van der Waals surface area contributed by atoms with E-state index in [1.807, 2.05) is 0 Å². The van der Waals surface area contributed by atoms with Crippen LogP contribution in [-0.2, 0) is 11.3 Å². The normalized spacial score (nSPS) is 11.0. The molecule has 0 unspecified atom stereocenters. The maximum Gasteiger partial charge on any atom is 0.125 e. The lowest BCUT2D eigenvalue weighted by Crippen LogP contribution is -2.22. The van der Waals surface area contributed by atoms with Gasteiger partial charge >= 0.3 is 0 Å². The minimum Gasteiger partial charge on any atom is -0.491 e. The van der Waals surface area contributed by atoms with Gasteiger partial charge in [-0.25, -0.2) is 0 Å². The Bertz CT molecular complexity index is 352. The molecule has 0 amide bonds. The molecule has 0 saturated heterocycles. The van der Waals surface area contributed by atoms with Crippen LogP contribution in [0.4, 0.5) is 0 Å². The molecule has 102 valence electrons. The van der Waals surface area contributed by atoms with Crippen LogP contribution in [0.3, 0.4) is 0 Å². The highest BCUT2D eigenvalue weighted by Crippen LogP contribution is 2.24. The summed E-state index contributed by atoms with van der Waals surface area (Å²) in [6.45, 7) is 10.6. The quantitative estimate of drug-likeness (QED) is 0.756. The SMILES string of the molecule is COCCOc1c(C)cc(CNC(C)C)cc1C. The van der Waals surface area contributed by atoms with Crippen molar-refractivity contribution in [2.45, 2.75) is 40.3 Å². The highest BCUT2D eigenvalue weighted by Gasteiger charge is 2.06. The van der Waals surface area contributed by atoms with Crippen LogP contribution in [0.1, 0.15) is 30.5 Å². The molecule has 3 nitrogen and oxygen atoms in total. The molecule has 18 heavy (non-hydrogen) atoms. The number of hydrogen-bond donors (Lipinski definition) is 1. The molecule has 0 aromatic heterocycles. The largest absolute Gasteiger partial charge is 0.491 e. The fourth-order valence-electron chi connectivity index (χ4n) is 1.92. The summed E-state index contributed by atoms with van der Waals surface area (Å²) in [4.78, 5) is 0. The van der Waals surface area contributed by atoms with Gasteiger partial charge in [0.15, 0.2) is 0 Å². The van der Waals surface area contributed by atoms with E-state index in [4.69, 9.17) is 9.47 Å². The summed E-state index contributed by atoms with van der Waals surface area (Å²) in [5.41, 5.74) is 3.68. The summed E-state index contributed by atoms with van der Waals surface area (Å²) in [6, 6.07) is 4.87. The van der Waals surface area contributed by atoms with Crippen molar-refractivity contribution < 1.29 is 9.47 Å². The predicted octanol–water partition coefficient (Wildman–Crippen LogP) is 2.83. The smallest absolute Gasteiger partial charge is 0.125 e. The highest BCUT2D eigenvalue weighted by atomic mass is 16.5. The fraction of sp³-hybridized carbons (Fsp3) is 0.600. The van der Waals surface area contributed by atoms with Gasteiger partial charge in [-0.1, -0.05) is 26.0 Å². The van der Waals surface area contributed by atoms with Crippen LogP contribution in [0.15, 0.2) is 12.1 Å². The van der Waals surface area contributed by atoms with Crippen LogP contribution in [0, 0.1) is 13.8 Å². The average Bonchev–Trinajstić information content (AvgIpc) is 2.30. The van der Waals surface area contributed by atoms with Gasteiger partial charge in [-0.15, -0.1) is 0 Å². The third-order valence-corrected chi connectivity index (χ3v) is 2.77. The van der Waals surface area contributed by atoms with Gasteiger partial charge in [0.2, 0.25) is 0 Å². The molecule has 0 saturated carbocycles. The van der Waals surface area contributed by atoms with Gasteiger partial charge in [-0.3, -0.25) is 0 Å². The lowest BCUT2D eigenvalue weighted by molar-refractivity contribution is 0.145. The van der Waals surface area contributed by atoms with Crippen LogP contribution in [-0.4, -0.2) is 26.4 Å². The second-order valence-corrected chi connectivity index (χ2v) is 4.94. The van der Waals surface area contributed by atoms with Crippen LogP contribution >= 0.6 is 0 Å². The Morgan fingerprint density at radius 3 is 2.22 bits per heavy atom. The molecule has 0 fully saturated rings. The first-order chi connectivity index (χ1) is 8.54. The molecule has 3 heteroatoms. The first-order valence-corrected chi connectivity index (χ1v) is 6.49. The molecule has 1 rings (SSSR count). The van der Waals surface area contributed by atoms with E-state index in [2.05, 4.69) is 45.1 Å². The molecule has 0 aliphatic heterocycles. The van der Waals surface area contributed by atoms with Gasteiger partial charge in [0, 0.05) is 19.7 Å². The zero-order valence-corrected chi connectivity index (χ0v) is 12.2. The van der Waals surface area contributed by atoms with Crippen LogP contribution in [0.2, 0.25) is 0 Å². The lowest BCUT2D eigenvalue weighted by Gasteiger charge is -2.15. The van der Waals surface area contributed by atoms with E-state index in [-0.39, 0.29) is 0 Å². The fourth-order valence-corrected chi connectivity index (χ4v) is 1.92. The molecule has 0 bridgehead atoms. The van der Waals surface area contributed by atoms with Crippen molar-refractivity contribution in [3.8, 4) is 5.75 Å². The third kappa shape index (κ3) is 4.67. The Morgan fingerprint density at radius 2 is 1.72 bits per heavy atom. The van der Waals surface area contributed by atoms with Gasteiger partial charge in [0.05, 0.1) is 6.61 Å². The number of nitrogens with one attached hydrogen (secondary N) is 1. The molecule has 0 aliphatic rings. The second-order valence-electron chi connectivity index (χ2n) is 4.94. The molecule has 0 aliphatic carbocycles. The molecule has 0 spiro atoms. The van der Waals surface area contributed by atoms with E-state index >= 15 is 0 Å². The summed E-state index contributed by atoms with van der Waals surface area (Å²) in [5.74, 6) is 0.986. The lowest BCUT2D eigenvalue weighted by atomic mass is 10.1. The van der Waals surface area contributed by atoms with Gasteiger partial charge in [0.1, 0.15) is 12.4 Å². The Kier molecular flexibility index (Phi) is 6.16. The molecular formula is C15H25NO2. The molecule has 1 aromatic carbocycles. The van der Waals surface area contributed by atoms with E-state index in [1.54, 1.807) is 7.11 Å². The van der Waals surface area contributed by atoms with Crippen molar-refractivity contribution in [1.82, 2.24) is 5.32 Å². The van der Waals surface area contributed by atoms with Crippen molar-refractivity contribution in [2.24, 2.45) is 0 Å². The third-order valence-electron chi connectivity index (χ3n) is 2.77. The summed E-state index contributed by atoms with van der Waals surface area (Å²) >= 11 is 0. The number of benzene rings is 1. The molecule has 1 aromatic rings. The maximum atomic E-state index is 5.74. The van der Waals surface area contributed by atoms with Crippen LogP contribution in [0.25, 0.3) is 0 Å². The van der Waals surface area contributed by atoms with E-state index in [0.717, 1.165) is 12.3 Å². The Hall–Kier alpha value is -1.06. The monoisotopic (exact) mass is 251 g/mol. The molecule has 0 atom stereocenters. The molecule has 1 N–H and O–H groups in total. The van der Waals surface area contributed by atoms with Crippen LogP contribution in [0.5, 0.6) is 5.75 Å². The van der Waals surface area contributed by atoms with Crippen molar-refractivity contribution in [2.75, 3.05) is 20.3 Å². The number of methoxy groups -OCH3 is 1. The summed E-state index contributed by atoms with van der Waals surface area (Å²) in [5, 5.41) is 3.43. The van der Waals surface area contributed by atoms with E-state index < -0.39 is 0 Å². The molecule has 0 heterocycles. The van der Waals surface area contributed by atoms with Crippen molar-refractivity contribution in [1.29, 1.82) is 0 Å². The minimum absolute atomic E-state index is 0.503. The zero-order valence-electron chi connectivity index (χ0n) is 12.2. The topological polar surface area (TPSA) is 30.5 Å². The van der Waals surface area contributed by atoms with E-state index in [9.17, 15) is 0 Å². The second kappa shape index (κ2) is 7.39. The van der Waals surface area contributed by atoms with E-state index in [1.165, 1.54) is 16.7 Å². The standard InChI is InChI=1S/C15H25NO2/c1-11(2)16-10-14-8-12(3)15(13(4)9-14)18-7-6-17-5/h8-9,11,16H,6-7,10H2,1-5H3. The minimum atomic E-state index is 0.503. The Morgan fingerprint density at radius 1 is 1.11 bits per heavy atom. The number of aryl methyl sites for hydroxylation is 2. The summed E-state index contributed by atoms with van der Waals surface area (Å²) < 4.78 is 10.7. The zero-order chi connectivity index (χ0) is 13.5. The Labute approximate surface area is 110 Å². The van der Waals surface area contributed by atoms with E-state index in [0.29, 0.717) is 19.3 Å². The van der Waals surface area contributed by atoms with Crippen molar-refractivity contribution in [3.05, 3.63) is 28.8 Å². The molecular weight excluding hydrogens is 226 g/mol. The van der Waals surface area contributed by atoms with Gasteiger partial charge < -0.3 is 14.8 Å². The van der Waals surface area contributed by atoms with Gasteiger partial charge in [-0.2, -0.15) is 0 Å². The number of ether oxygens (including phenoxy) is 2. The number of hydrogen-bond acceptors (Lipinski definition) is 3.